The quantitative estimate of drug-likeness (QED) is 0.351. The number of fused-ring (bicyclic) bond motifs is 1. The Morgan fingerprint density at radius 2 is 1.77 bits per heavy atom. The van der Waals surface area contributed by atoms with E-state index >= 15 is 0 Å². The van der Waals surface area contributed by atoms with E-state index in [2.05, 4.69) is 26.2 Å². The Bertz CT molecular complexity index is 1430. The maximum Gasteiger partial charge on any atom is 0.247 e. The van der Waals surface area contributed by atoms with Gasteiger partial charge in [-0.25, -0.2) is 17.5 Å². The van der Waals surface area contributed by atoms with Crippen LogP contribution in [0.4, 0.5) is 4.39 Å². The zero-order chi connectivity index (χ0) is 24.4. The molecule has 0 unspecified atom stereocenters. The topological polar surface area (TPSA) is 77.3 Å². The molecule has 0 amide bonds. The molecule has 4 aromatic rings. The molecule has 5 rings (SSSR count). The molecule has 2 heterocycles. The minimum Gasteiger partial charge on any atom is -0.490 e. The molecule has 1 aliphatic rings. The minimum atomic E-state index is -3.89. The molecule has 7 nitrogen and oxygen atoms in total. The minimum absolute atomic E-state index is 0.0438. The summed E-state index contributed by atoms with van der Waals surface area (Å²) >= 11 is 3.39. The molecular formula is C25H22BrFN4O3S. The third-order valence-corrected chi connectivity index (χ3v) is 8.24. The molecular weight excluding hydrogens is 535 g/mol. The summed E-state index contributed by atoms with van der Waals surface area (Å²) in [5, 5.41) is 8.37. The molecule has 0 fully saturated rings. The van der Waals surface area contributed by atoms with E-state index in [0.29, 0.717) is 24.4 Å². The second kappa shape index (κ2) is 9.88. The number of hydrogen-bond donors (Lipinski definition) is 0. The number of halogens is 2. The van der Waals surface area contributed by atoms with Crippen molar-refractivity contribution in [3.05, 3.63) is 106 Å². The Hall–Kier alpha value is -3.08. The highest BCUT2D eigenvalue weighted by atomic mass is 79.9. The van der Waals surface area contributed by atoms with Crippen molar-refractivity contribution in [1.82, 2.24) is 19.3 Å². The lowest BCUT2D eigenvalue weighted by Crippen LogP contribution is -2.42. The summed E-state index contributed by atoms with van der Waals surface area (Å²) in [5.74, 6) is 0.0123. The number of nitrogens with zero attached hydrogens (tertiary/aromatic N) is 4. The molecule has 35 heavy (non-hydrogen) atoms. The molecule has 0 aliphatic carbocycles. The van der Waals surface area contributed by atoms with Gasteiger partial charge in [0.15, 0.2) is 0 Å². The Balaban J connectivity index is 1.45. The third-order valence-electron chi connectivity index (χ3n) is 5.81. The molecule has 1 aromatic heterocycles. The number of aromatic nitrogens is 3. The van der Waals surface area contributed by atoms with Crippen molar-refractivity contribution < 1.29 is 17.5 Å². The average molecular weight is 557 g/mol. The fraction of sp³-hybridized carbons (Fsp3) is 0.200. The first-order valence-corrected chi connectivity index (χ1v) is 13.2. The zero-order valence-electron chi connectivity index (χ0n) is 18.6. The van der Waals surface area contributed by atoms with Crippen molar-refractivity contribution in [2.45, 2.75) is 30.4 Å². The highest BCUT2D eigenvalue weighted by Crippen LogP contribution is 2.35. The summed E-state index contributed by atoms with van der Waals surface area (Å²) in [5.41, 5.74) is 2.38. The molecule has 0 radical (unpaired) electrons. The van der Waals surface area contributed by atoms with E-state index < -0.39 is 16.1 Å². The zero-order valence-corrected chi connectivity index (χ0v) is 21.0. The van der Waals surface area contributed by atoms with E-state index in [9.17, 15) is 12.8 Å². The van der Waals surface area contributed by atoms with Crippen LogP contribution in [-0.4, -0.2) is 40.4 Å². The van der Waals surface area contributed by atoms with Crippen LogP contribution in [0.3, 0.4) is 0 Å². The highest BCUT2D eigenvalue weighted by molar-refractivity contribution is 9.10. The lowest BCUT2D eigenvalue weighted by atomic mass is 10.1. The van der Waals surface area contributed by atoms with E-state index in [1.807, 2.05) is 30.3 Å². The SMILES string of the molecule is O=S1(=O)c2ccc(Br)cc2OC[C@H](Cc2ccccc2)N1Cc1cn(Cc2ccc(F)cc2)nn1. The first-order chi connectivity index (χ1) is 16.9. The van der Waals surface area contributed by atoms with Crippen LogP contribution in [-0.2, 0) is 29.5 Å². The Labute approximate surface area is 211 Å². The van der Waals surface area contributed by atoms with E-state index in [-0.39, 0.29) is 23.9 Å². The normalized spacial score (nSPS) is 17.4. The average Bonchev–Trinajstić information content (AvgIpc) is 3.25. The van der Waals surface area contributed by atoms with Crippen LogP contribution in [0.25, 0.3) is 0 Å². The van der Waals surface area contributed by atoms with Gasteiger partial charge in [0.25, 0.3) is 0 Å². The lowest BCUT2D eigenvalue weighted by molar-refractivity contribution is 0.206. The summed E-state index contributed by atoms with van der Waals surface area (Å²) in [6, 6.07) is 20.3. The van der Waals surface area contributed by atoms with Crippen LogP contribution < -0.4 is 4.74 Å². The molecule has 180 valence electrons. The van der Waals surface area contributed by atoms with Crippen molar-refractivity contribution in [2.75, 3.05) is 6.61 Å². The van der Waals surface area contributed by atoms with Gasteiger partial charge in [0, 0.05) is 4.47 Å². The first kappa shape index (κ1) is 23.7. The van der Waals surface area contributed by atoms with Gasteiger partial charge in [0.2, 0.25) is 10.0 Å². The Morgan fingerprint density at radius 3 is 2.54 bits per heavy atom. The maximum atomic E-state index is 13.8. The van der Waals surface area contributed by atoms with E-state index in [1.165, 1.54) is 16.4 Å². The molecule has 1 atom stereocenters. The van der Waals surface area contributed by atoms with Gasteiger partial charge in [-0.05, 0) is 47.9 Å². The largest absolute Gasteiger partial charge is 0.490 e. The van der Waals surface area contributed by atoms with Gasteiger partial charge < -0.3 is 4.74 Å². The van der Waals surface area contributed by atoms with Gasteiger partial charge >= 0.3 is 0 Å². The predicted octanol–water partition coefficient (Wildman–Crippen LogP) is 4.42. The van der Waals surface area contributed by atoms with Crippen molar-refractivity contribution in [2.24, 2.45) is 0 Å². The van der Waals surface area contributed by atoms with Crippen LogP contribution >= 0.6 is 15.9 Å². The molecule has 10 heteroatoms. The molecule has 0 bridgehead atoms. The van der Waals surface area contributed by atoms with Gasteiger partial charge in [-0.3, -0.25) is 0 Å². The predicted molar refractivity (Wildman–Crippen MR) is 132 cm³/mol. The summed E-state index contributed by atoms with van der Waals surface area (Å²) < 4.78 is 50.6. The van der Waals surface area contributed by atoms with Crippen molar-refractivity contribution in [3.63, 3.8) is 0 Å². The summed E-state index contributed by atoms with van der Waals surface area (Å²) in [4.78, 5) is 0.120. The third kappa shape index (κ3) is 5.29. The monoisotopic (exact) mass is 556 g/mol. The summed E-state index contributed by atoms with van der Waals surface area (Å²) in [6.07, 6.45) is 2.20. The molecule has 0 spiro atoms. The number of benzene rings is 3. The van der Waals surface area contributed by atoms with Gasteiger partial charge in [-0.1, -0.05) is 63.6 Å². The van der Waals surface area contributed by atoms with Crippen LogP contribution in [0.5, 0.6) is 5.75 Å². The standard InChI is InChI=1S/C25H22BrFN4O3S/c26-20-8-11-25-24(13-20)34-17-23(12-18-4-2-1-3-5-18)31(35(25,32)33)16-22-15-30(29-28-22)14-19-6-9-21(27)10-7-19/h1-11,13,15,23H,12,14,16-17H2/t23-/m0/s1. The second-order valence-corrected chi connectivity index (χ2v) is 11.1. The van der Waals surface area contributed by atoms with E-state index in [0.717, 1.165) is 15.6 Å². The van der Waals surface area contributed by atoms with Gasteiger partial charge in [0.05, 0.1) is 31.0 Å². The smallest absolute Gasteiger partial charge is 0.247 e. The molecule has 1 aliphatic heterocycles. The first-order valence-electron chi connectivity index (χ1n) is 11.0. The molecule has 0 saturated heterocycles. The summed E-state index contributed by atoms with van der Waals surface area (Å²) in [6.45, 7) is 0.636. The summed E-state index contributed by atoms with van der Waals surface area (Å²) in [7, 11) is -3.89. The van der Waals surface area contributed by atoms with Crippen LogP contribution in [0.1, 0.15) is 16.8 Å². The number of ether oxygens (including phenoxy) is 1. The Kier molecular flexibility index (Phi) is 6.68. The number of rotatable bonds is 6. The molecule has 0 saturated carbocycles. The van der Waals surface area contributed by atoms with Crippen LogP contribution in [0.15, 0.2) is 88.4 Å². The van der Waals surface area contributed by atoms with E-state index in [4.69, 9.17) is 4.74 Å². The fourth-order valence-electron chi connectivity index (χ4n) is 4.09. The van der Waals surface area contributed by atoms with Crippen molar-refractivity contribution in [3.8, 4) is 5.75 Å². The number of hydrogen-bond acceptors (Lipinski definition) is 5. The van der Waals surface area contributed by atoms with Gasteiger partial charge in [-0.15, -0.1) is 5.10 Å². The van der Waals surface area contributed by atoms with Crippen LogP contribution in [0, 0.1) is 5.82 Å². The van der Waals surface area contributed by atoms with Crippen LogP contribution in [0.2, 0.25) is 0 Å². The second-order valence-electron chi connectivity index (χ2n) is 8.33. The maximum absolute atomic E-state index is 13.8. The van der Waals surface area contributed by atoms with Crippen molar-refractivity contribution >= 4 is 26.0 Å². The van der Waals surface area contributed by atoms with Gasteiger partial charge in [0.1, 0.15) is 23.1 Å². The fourth-order valence-corrected chi connectivity index (χ4v) is 6.12. The van der Waals surface area contributed by atoms with Gasteiger partial charge in [-0.2, -0.15) is 4.31 Å². The van der Waals surface area contributed by atoms with Crippen molar-refractivity contribution in [1.29, 1.82) is 0 Å². The molecule has 3 aromatic carbocycles. The Morgan fingerprint density at radius 1 is 1.00 bits per heavy atom. The molecule has 0 N–H and O–H groups in total. The lowest BCUT2D eigenvalue weighted by Gasteiger charge is -2.27. The number of sulfonamides is 1. The van der Waals surface area contributed by atoms with E-state index in [1.54, 1.807) is 41.2 Å². The highest BCUT2D eigenvalue weighted by Gasteiger charge is 2.37.